The number of fused-ring (bicyclic) bond motifs is 3. The third kappa shape index (κ3) is 5.67. The predicted molar refractivity (Wildman–Crippen MR) is 146 cm³/mol. The van der Waals surface area contributed by atoms with E-state index in [0.29, 0.717) is 29.4 Å². The molecule has 1 amide bonds. The number of carbonyl (C=O) groups excluding carboxylic acids is 1. The summed E-state index contributed by atoms with van der Waals surface area (Å²) in [4.78, 5) is 20.5. The Morgan fingerprint density at radius 1 is 1.24 bits per heavy atom. The van der Waals surface area contributed by atoms with Crippen molar-refractivity contribution in [3.05, 3.63) is 46.6 Å². The second kappa shape index (κ2) is 11.8. The molecule has 0 saturated heterocycles. The van der Waals surface area contributed by atoms with Gasteiger partial charge in [-0.05, 0) is 49.3 Å². The molecule has 2 aromatic rings. The number of rotatable bonds is 10. The Labute approximate surface area is 227 Å². The summed E-state index contributed by atoms with van der Waals surface area (Å²) >= 11 is 6.46. The summed E-state index contributed by atoms with van der Waals surface area (Å²) in [5.74, 6) is 1.98. The number of methoxy groups -OCH3 is 2. The third-order valence-corrected chi connectivity index (χ3v) is 7.96. The Hall–Kier alpha value is -3.08. The van der Waals surface area contributed by atoms with Gasteiger partial charge in [-0.25, -0.2) is 9.78 Å². The van der Waals surface area contributed by atoms with Crippen molar-refractivity contribution in [3.63, 3.8) is 0 Å². The Kier molecular flexibility index (Phi) is 8.21. The van der Waals surface area contributed by atoms with Crippen molar-refractivity contribution >= 4 is 35.1 Å². The predicted octanol–water partition coefficient (Wildman–Crippen LogP) is 3.82. The maximum Gasteiger partial charge on any atom is 0.404 e. The van der Waals surface area contributed by atoms with Crippen LogP contribution in [0.25, 0.3) is 0 Å². The summed E-state index contributed by atoms with van der Waals surface area (Å²) in [6.45, 7) is 1.54. The van der Waals surface area contributed by atoms with Gasteiger partial charge in [0.2, 0.25) is 5.95 Å². The van der Waals surface area contributed by atoms with Crippen molar-refractivity contribution < 1.29 is 19.0 Å². The number of carbonyl (C=O) groups is 1. The lowest BCUT2D eigenvalue weighted by atomic mass is 9.98. The van der Waals surface area contributed by atoms with Crippen LogP contribution in [0.15, 0.2) is 30.5 Å². The van der Waals surface area contributed by atoms with E-state index in [1.165, 1.54) is 11.1 Å². The minimum atomic E-state index is -0.786. The number of hydrogen-bond donors (Lipinski definition) is 4. The van der Waals surface area contributed by atoms with Crippen molar-refractivity contribution in [2.75, 3.05) is 38.0 Å². The molecule has 3 aliphatic rings. The molecule has 1 unspecified atom stereocenters. The lowest BCUT2D eigenvalue weighted by molar-refractivity contribution is 0.0853. The van der Waals surface area contributed by atoms with Crippen LogP contribution in [0.3, 0.4) is 0 Å². The molecule has 11 heteroatoms. The lowest BCUT2D eigenvalue weighted by Crippen LogP contribution is -2.41. The van der Waals surface area contributed by atoms with Gasteiger partial charge >= 0.3 is 6.09 Å². The number of nitrogens with one attached hydrogen (secondary N) is 3. The van der Waals surface area contributed by atoms with Gasteiger partial charge in [0.1, 0.15) is 16.9 Å². The Balaban J connectivity index is 1.34. The van der Waals surface area contributed by atoms with Gasteiger partial charge in [-0.2, -0.15) is 4.98 Å². The smallest absolute Gasteiger partial charge is 0.404 e. The van der Waals surface area contributed by atoms with Crippen LogP contribution in [-0.4, -0.2) is 61.6 Å². The van der Waals surface area contributed by atoms with E-state index in [0.717, 1.165) is 50.1 Å². The molecule has 5 N–H and O–H groups in total. The molecule has 204 valence electrons. The SMILES string of the molecule is COCCNC1CCCc2c(ccc(Nc3ncc(Cl)c(N[C@H]4[C@@H](OC(N)=O)[C@@H]5C=C[C@H]4C5)n3)c2OC)C1. The maximum absolute atomic E-state index is 11.5. The average Bonchev–Trinajstić information content (AvgIpc) is 3.42. The van der Waals surface area contributed by atoms with Crippen LogP contribution in [-0.2, 0) is 22.3 Å². The molecule has 1 fully saturated rings. The fourth-order valence-electron chi connectivity index (χ4n) is 5.97. The summed E-state index contributed by atoms with van der Waals surface area (Å²) < 4.78 is 16.5. The van der Waals surface area contributed by atoms with Gasteiger partial charge in [-0.15, -0.1) is 0 Å². The van der Waals surface area contributed by atoms with E-state index in [2.05, 4.69) is 44.1 Å². The Morgan fingerprint density at radius 3 is 2.87 bits per heavy atom. The number of primary amides is 1. The minimum Gasteiger partial charge on any atom is -0.494 e. The number of aromatic nitrogens is 2. The first-order valence-electron chi connectivity index (χ1n) is 13.1. The van der Waals surface area contributed by atoms with Crippen LogP contribution in [0.2, 0.25) is 5.02 Å². The van der Waals surface area contributed by atoms with Crippen LogP contribution >= 0.6 is 11.6 Å². The zero-order valence-corrected chi connectivity index (χ0v) is 22.5. The van der Waals surface area contributed by atoms with Crippen molar-refractivity contribution in [2.24, 2.45) is 17.6 Å². The normalized spacial score (nSPS) is 25.5. The van der Waals surface area contributed by atoms with E-state index in [1.54, 1.807) is 20.4 Å². The highest BCUT2D eigenvalue weighted by molar-refractivity contribution is 6.32. The van der Waals surface area contributed by atoms with Gasteiger partial charge in [0.15, 0.2) is 5.82 Å². The minimum absolute atomic E-state index is 0.127. The molecule has 0 spiro atoms. The number of nitrogens with zero attached hydrogens (tertiary/aromatic N) is 2. The molecule has 1 aromatic carbocycles. The molecule has 5 rings (SSSR count). The molecule has 1 saturated carbocycles. The number of amides is 1. The van der Waals surface area contributed by atoms with Crippen LogP contribution in [0.1, 0.15) is 30.4 Å². The molecule has 0 radical (unpaired) electrons. The van der Waals surface area contributed by atoms with Gasteiger partial charge < -0.3 is 35.9 Å². The van der Waals surface area contributed by atoms with E-state index < -0.39 is 6.09 Å². The van der Waals surface area contributed by atoms with E-state index in [9.17, 15) is 4.79 Å². The number of anilines is 3. The number of nitrogens with two attached hydrogens (primary N) is 1. The molecule has 1 aromatic heterocycles. The van der Waals surface area contributed by atoms with E-state index in [-0.39, 0.29) is 24.0 Å². The molecule has 1 heterocycles. The lowest BCUT2D eigenvalue weighted by Gasteiger charge is -2.28. The highest BCUT2D eigenvalue weighted by Gasteiger charge is 2.47. The van der Waals surface area contributed by atoms with Crippen molar-refractivity contribution in [3.8, 4) is 5.75 Å². The zero-order valence-electron chi connectivity index (χ0n) is 21.7. The quantitative estimate of drug-likeness (QED) is 0.201. The topological polar surface area (TPSA) is 133 Å². The summed E-state index contributed by atoms with van der Waals surface area (Å²) in [6.07, 6.45) is 9.53. The highest BCUT2D eigenvalue weighted by Crippen LogP contribution is 2.43. The number of benzene rings is 1. The summed E-state index contributed by atoms with van der Waals surface area (Å²) in [5.41, 5.74) is 8.61. The molecule has 0 aliphatic heterocycles. The van der Waals surface area contributed by atoms with E-state index >= 15 is 0 Å². The summed E-state index contributed by atoms with van der Waals surface area (Å²) in [7, 11) is 3.41. The number of hydrogen-bond acceptors (Lipinski definition) is 9. The molecule has 5 atom stereocenters. The molecule has 2 bridgehead atoms. The van der Waals surface area contributed by atoms with Crippen molar-refractivity contribution in [1.82, 2.24) is 15.3 Å². The van der Waals surface area contributed by atoms with Crippen LogP contribution in [0, 0.1) is 11.8 Å². The van der Waals surface area contributed by atoms with Crippen LogP contribution in [0.4, 0.5) is 22.2 Å². The maximum atomic E-state index is 11.5. The third-order valence-electron chi connectivity index (χ3n) is 7.68. The second-order valence-electron chi connectivity index (χ2n) is 10.1. The van der Waals surface area contributed by atoms with E-state index in [4.69, 9.17) is 31.5 Å². The van der Waals surface area contributed by atoms with Crippen molar-refractivity contribution in [2.45, 2.75) is 50.3 Å². The van der Waals surface area contributed by atoms with Gasteiger partial charge in [0.05, 0.1) is 31.6 Å². The number of ether oxygens (including phenoxy) is 3. The molecule has 38 heavy (non-hydrogen) atoms. The van der Waals surface area contributed by atoms with Gasteiger partial charge in [0, 0.05) is 31.5 Å². The number of halogens is 1. The summed E-state index contributed by atoms with van der Waals surface area (Å²) in [5, 5.41) is 10.7. The largest absolute Gasteiger partial charge is 0.494 e. The summed E-state index contributed by atoms with van der Waals surface area (Å²) in [6, 6.07) is 4.40. The van der Waals surface area contributed by atoms with Crippen LogP contribution < -0.4 is 26.4 Å². The highest BCUT2D eigenvalue weighted by atomic mass is 35.5. The molecule has 10 nitrogen and oxygen atoms in total. The first-order valence-corrected chi connectivity index (χ1v) is 13.5. The van der Waals surface area contributed by atoms with Crippen LogP contribution in [0.5, 0.6) is 5.75 Å². The molecular formula is C27H35ClN6O4. The van der Waals surface area contributed by atoms with Gasteiger partial charge in [-0.3, -0.25) is 0 Å². The fourth-order valence-corrected chi connectivity index (χ4v) is 6.11. The molecular weight excluding hydrogens is 508 g/mol. The van der Waals surface area contributed by atoms with Crippen molar-refractivity contribution in [1.29, 1.82) is 0 Å². The standard InChI is InChI=1S/C27H35ClN6O4/c1-36-11-10-30-18-4-3-5-19-15(13-18)8-9-21(24(19)37-2)32-27-31-14-20(28)25(34-27)33-22-16-6-7-17(12-16)23(22)38-26(29)35/h6-9,14,16-18,22-23,30H,3-5,10-13H2,1-2H3,(H2,29,35)(H2,31,32,33,34)/t16-,17+,18?,22+,23-/m0/s1. The van der Waals surface area contributed by atoms with Gasteiger partial charge in [0.25, 0.3) is 0 Å². The Morgan fingerprint density at radius 2 is 2.08 bits per heavy atom. The first-order chi connectivity index (χ1) is 18.5. The monoisotopic (exact) mass is 542 g/mol. The fraction of sp³-hybridized carbons (Fsp3) is 0.519. The van der Waals surface area contributed by atoms with E-state index in [1.807, 2.05) is 6.07 Å². The second-order valence-corrected chi connectivity index (χ2v) is 10.5. The Bertz CT molecular complexity index is 1190. The zero-order chi connectivity index (χ0) is 26.6. The molecule has 3 aliphatic carbocycles. The van der Waals surface area contributed by atoms with Gasteiger partial charge in [-0.1, -0.05) is 29.8 Å². The first kappa shape index (κ1) is 26.5. The average molecular weight is 543 g/mol.